The van der Waals surface area contributed by atoms with Gasteiger partial charge in [0, 0.05) is 10.0 Å². The molecule has 0 aliphatic heterocycles. The molecule has 0 saturated carbocycles. The van der Waals surface area contributed by atoms with Crippen molar-refractivity contribution >= 4 is 15.9 Å². The Morgan fingerprint density at radius 3 is 2.78 bits per heavy atom. The lowest BCUT2D eigenvalue weighted by Crippen LogP contribution is -2.08. The van der Waals surface area contributed by atoms with E-state index in [4.69, 9.17) is 5.11 Å². The molecule has 0 unspecified atom stereocenters. The van der Waals surface area contributed by atoms with E-state index in [1.165, 1.54) is 10.9 Å². The largest absolute Gasteiger partial charge is 0.392 e. The van der Waals surface area contributed by atoms with Gasteiger partial charge in [-0.05, 0) is 17.7 Å². The Labute approximate surface area is 111 Å². The Morgan fingerprint density at radius 1 is 1.39 bits per heavy atom. The standard InChI is InChI=1S/C12H11BrF2N2O/c13-10-3-1-2-8(4-10)6-17-11(12(14)15)9(7-18)5-16-17/h1-5,12,18H,6-7H2. The second kappa shape index (κ2) is 5.58. The van der Waals surface area contributed by atoms with Crippen molar-refractivity contribution in [3.63, 3.8) is 0 Å². The summed E-state index contributed by atoms with van der Waals surface area (Å²) < 4.78 is 27.9. The molecule has 96 valence electrons. The molecule has 0 aliphatic rings. The van der Waals surface area contributed by atoms with E-state index in [2.05, 4.69) is 21.0 Å². The summed E-state index contributed by atoms with van der Waals surface area (Å²) in [7, 11) is 0. The molecule has 1 heterocycles. The minimum atomic E-state index is -2.65. The van der Waals surface area contributed by atoms with Crippen LogP contribution in [0, 0.1) is 0 Å². The van der Waals surface area contributed by atoms with Crippen LogP contribution in [-0.2, 0) is 13.2 Å². The lowest BCUT2D eigenvalue weighted by Gasteiger charge is -2.08. The highest BCUT2D eigenvalue weighted by Crippen LogP contribution is 2.24. The molecule has 18 heavy (non-hydrogen) atoms. The second-order valence-corrected chi connectivity index (χ2v) is 4.72. The van der Waals surface area contributed by atoms with E-state index in [0.29, 0.717) is 0 Å². The number of benzene rings is 1. The van der Waals surface area contributed by atoms with Gasteiger partial charge in [0.25, 0.3) is 6.43 Å². The van der Waals surface area contributed by atoms with E-state index in [9.17, 15) is 8.78 Å². The second-order valence-electron chi connectivity index (χ2n) is 3.80. The van der Waals surface area contributed by atoms with Crippen molar-refractivity contribution in [2.45, 2.75) is 19.6 Å². The molecule has 0 spiro atoms. The van der Waals surface area contributed by atoms with Crippen molar-refractivity contribution in [3.05, 3.63) is 51.8 Å². The highest BCUT2D eigenvalue weighted by atomic mass is 79.9. The number of alkyl halides is 2. The molecule has 1 N–H and O–H groups in total. The average Bonchev–Trinajstić information content (AvgIpc) is 2.72. The predicted octanol–water partition coefficient (Wildman–Crippen LogP) is 3.12. The molecule has 1 aromatic carbocycles. The van der Waals surface area contributed by atoms with Crippen molar-refractivity contribution in [1.82, 2.24) is 9.78 Å². The van der Waals surface area contributed by atoms with Crippen LogP contribution in [0.4, 0.5) is 8.78 Å². The third-order valence-electron chi connectivity index (χ3n) is 2.56. The van der Waals surface area contributed by atoms with Crippen molar-refractivity contribution in [2.75, 3.05) is 0 Å². The van der Waals surface area contributed by atoms with Crippen LogP contribution < -0.4 is 0 Å². The molecule has 0 atom stereocenters. The number of aliphatic hydroxyl groups excluding tert-OH is 1. The van der Waals surface area contributed by atoms with Gasteiger partial charge in [-0.15, -0.1) is 0 Å². The number of hydrogen-bond acceptors (Lipinski definition) is 2. The minimum Gasteiger partial charge on any atom is -0.392 e. The maximum atomic E-state index is 12.9. The number of rotatable bonds is 4. The highest BCUT2D eigenvalue weighted by Gasteiger charge is 2.19. The van der Waals surface area contributed by atoms with Gasteiger partial charge in [-0.1, -0.05) is 28.1 Å². The van der Waals surface area contributed by atoms with E-state index in [-0.39, 0.29) is 17.8 Å². The summed E-state index contributed by atoms with van der Waals surface area (Å²) in [6.07, 6.45) is -1.37. The molecule has 2 aromatic rings. The first-order valence-corrected chi connectivity index (χ1v) is 6.09. The van der Waals surface area contributed by atoms with Crippen LogP contribution in [-0.4, -0.2) is 14.9 Å². The molecule has 0 aliphatic carbocycles. The molecule has 2 rings (SSSR count). The molecular weight excluding hydrogens is 306 g/mol. The smallest absolute Gasteiger partial charge is 0.280 e. The van der Waals surface area contributed by atoms with Crippen LogP contribution in [0.5, 0.6) is 0 Å². The summed E-state index contributed by atoms with van der Waals surface area (Å²) in [4.78, 5) is 0. The minimum absolute atomic E-state index is 0.167. The Bertz CT molecular complexity index is 543. The van der Waals surface area contributed by atoms with Crippen LogP contribution in [0.25, 0.3) is 0 Å². The normalized spacial score (nSPS) is 11.2. The number of halogens is 3. The van der Waals surface area contributed by atoms with Crippen LogP contribution in [0.2, 0.25) is 0 Å². The van der Waals surface area contributed by atoms with Crippen LogP contribution in [0.1, 0.15) is 23.2 Å². The fourth-order valence-corrected chi connectivity index (χ4v) is 2.19. The summed E-state index contributed by atoms with van der Waals surface area (Å²) in [5.74, 6) is 0. The Hall–Kier alpha value is -1.27. The Balaban J connectivity index is 2.32. The fourth-order valence-electron chi connectivity index (χ4n) is 1.74. The van der Waals surface area contributed by atoms with Crippen molar-refractivity contribution < 1.29 is 13.9 Å². The molecular formula is C12H11BrF2N2O. The van der Waals surface area contributed by atoms with Gasteiger partial charge in [0.15, 0.2) is 0 Å². The van der Waals surface area contributed by atoms with Gasteiger partial charge in [-0.2, -0.15) is 5.10 Å². The highest BCUT2D eigenvalue weighted by molar-refractivity contribution is 9.10. The molecule has 0 bridgehead atoms. The molecule has 6 heteroatoms. The quantitative estimate of drug-likeness (QED) is 0.941. The first kappa shape index (κ1) is 13.2. The summed E-state index contributed by atoms with van der Waals surface area (Å²) in [6, 6.07) is 7.37. The van der Waals surface area contributed by atoms with E-state index in [1.54, 1.807) is 0 Å². The lowest BCUT2D eigenvalue weighted by molar-refractivity contribution is 0.135. The van der Waals surface area contributed by atoms with Crippen molar-refractivity contribution in [1.29, 1.82) is 0 Å². The van der Waals surface area contributed by atoms with Crippen molar-refractivity contribution in [2.24, 2.45) is 0 Å². The fraction of sp³-hybridized carbons (Fsp3) is 0.250. The van der Waals surface area contributed by atoms with Gasteiger partial charge in [-0.25, -0.2) is 8.78 Å². The van der Waals surface area contributed by atoms with Crippen LogP contribution >= 0.6 is 15.9 Å². The maximum absolute atomic E-state index is 12.9. The van der Waals surface area contributed by atoms with Gasteiger partial charge in [0.1, 0.15) is 5.69 Å². The van der Waals surface area contributed by atoms with Gasteiger partial charge in [0.05, 0.1) is 19.3 Å². The Kier molecular flexibility index (Phi) is 4.08. The van der Waals surface area contributed by atoms with Crippen LogP contribution in [0.15, 0.2) is 34.9 Å². The monoisotopic (exact) mass is 316 g/mol. The topological polar surface area (TPSA) is 38.1 Å². The van der Waals surface area contributed by atoms with Gasteiger partial charge in [0.2, 0.25) is 0 Å². The third-order valence-corrected chi connectivity index (χ3v) is 3.05. The van der Waals surface area contributed by atoms with Gasteiger partial charge in [-0.3, -0.25) is 4.68 Å². The van der Waals surface area contributed by atoms with E-state index >= 15 is 0 Å². The number of aliphatic hydroxyl groups is 1. The first-order chi connectivity index (χ1) is 8.61. The van der Waals surface area contributed by atoms with E-state index in [1.807, 2.05) is 24.3 Å². The number of aromatic nitrogens is 2. The number of nitrogens with zero attached hydrogens (tertiary/aromatic N) is 2. The lowest BCUT2D eigenvalue weighted by atomic mass is 10.2. The SMILES string of the molecule is OCc1cnn(Cc2cccc(Br)c2)c1C(F)F. The summed E-state index contributed by atoms with van der Waals surface area (Å²) in [5, 5.41) is 12.9. The summed E-state index contributed by atoms with van der Waals surface area (Å²) >= 11 is 3.32. The zero-order valence-corrected chi connectivity index (χ0v) is 10.9. The Morgan fingerprint density at radius 2 is 2.17 bits per heavy atom. The van der Waals surface area contributed by atoms with Gasteiger partial charge >= 0.3 is 0 Å². The zero-order valence-electron chi connectivity index (χ0n) is 9.35. The van der Waals surface area contributed by atoms with Gasteiger partial charge < -0.3 is 5.11 Å². The van der Waals surface area contributed by atoms with Crippen LogP contribution in [0.3, 0.4) is 0 Å². The summed E-state index contributed by atoms with van der Waals surface area (Å²) in [5.41, 5.74) is 0.802. The molecule has 3 nitrogen and oxygen atoms in total. The first-order valence-electron chi connectivity index (χ1n) is 5.30. The molecule has 0 amide bonds. The predicted molar refractivity (Wildman–Crippen MR) is 66.4 cm³/mol. The molecule has 1 aromatic heterocycles. The zero-order chi connectivity index (χ0) is 13.1. The summed E-state index contributed by atoms with van der Waals surface area (Å²) in [6.45, 7) is -0.183. The maximum Gasteiger partial charge on any atom is 0.280 e. The third kappa shape index (κ3) is 2.76. The molecule has 0 radical (unpaired) electrons. The van der Waals surface area contributed by atoms with Crippen molar-refractivity contribution in [3.8, 4) is 0 Å². The molecule has 0 fully saturated rings. The number of hydrogen-bond donors (Lipinski definition) is 1. The van der Waals surface area contributed by atoms with E-state index < -0.39 is 13.0 Å². The molecule has 0 saturated heterocycles. The van der Waals surface area contributed by atoms with E-state index in [0.717, 1.165) is 10.0 Å². The average molecular weight is 317 g/mol.